The van der Waals surface area contributed by atoms with Crippen LogP contribution in [0.1, 0.15) is 37.3 Å². The Kier molecular flexibility index (Phi) is 5.76. The zero-order chi connectivity index (χ0) is 13.7. The SMILES string of the molecule is CCc1c(OC)c(OC)cc(Cl)c1C(C)CCN. The van der Waals surface area contributed by atoms with E-state index in [-0.39, 0.29) is 0 Å². The van der Waals surface area contributed by atoms with Gasteiger partial charge < -0.3 is 15.2 Å². The van der Waals surface area contributed by atoms with Crippen LogP contribution in [0, 0.1) is 0 Å². The predicted molar refractivity (Wildman–Crippen MR) is 76.0 cm³/mol. The molecule has 1 rings (SSSR count). The Bertz CT molecular complexity index is 407. The molecule has 102 valence electrons. The Morgan fingerprint density at radius 3 is 2.44 bits per heavy atom. The summed E-state index contributed by atoms with van der Waals surface area (Å²) in [6.07, 6.45) is 1.76. The third kappa shape index (κ3) is 2.90. The standard InChI is InChI=1S/C14H22ClNO2/c1-5-10-13(9(2)6-7-16)11(15)8-12(17-3)14(10)18-4/h8-9H,5-7,16H2,1-4H3. The maximum absolute atomic E-state index is 6.38. The van der Waals surface area contributed by atoms with Crippen LogP contribution >= 0.6 is 11.6 Å². The molecular formula is C14H22ClNO2. The van der Waals surface area contributed by atoms with Crippen molar-refractivity contribution in [3.05, 3.63) is 22.2 Å². The van der Waals surface area contributed by atoms with Crippen LogP contribution in [-0.4, -0.2) is 20.8 Å². The molecule has 0 amide bonds. The molecule has 0 saturated carbocycles. The minimum atomic E-state index is 0.317. The van der Waals surface area contributed by atoms with Crippen molar-refractivity contribution in [1.82, 2.24) is 0 Å². The van der Waals surface area contributed by atoms with E-state index < -0.39 is 0 Å². The van der Waals surface area contributed by atoms with E-state index in [1.165, 1.54) is 0 Å². The van der Waals surface area contributed by atoms with Crippen molar-refractivity contribution in [2.75, 3.05) is 20.8 Å². The van der Waals surface area contributed by atoms with Crippen LogP contribution in [0.15, 0.2) is 6.07 Å². The summed E-state index contributed by atoms with van der Waals surface area (Å²) in [5.41, 5.74) is 7.88. The Balaban J connectivity index is 3.40. The van der Waals surface area contributed by atoms with Gasteiger partial charge in [-0.25, -0.2) is 0 Å². The van der Waals surface area contributed by atoms with E-state index in [1.54, 1.807) is 14.2 Å². The zero-order valence-electron chi connectivity index (χ0n) is 11.5. The van der Waals surface area contributed by atoms with Gasteiger partial charge in [0, 0.05) is 16.7 Å². The maximum atomic E-state index is 6.38. The Hall–Kier alpha value is -0.930. The molecule has 1 aromatic carbocycles. The van der Waals surface area contributed by atoms with E-state index in [9.17, 15) is 0 Å². The molecule has 1 aromatic rings. The van der Waals surface area contributed by atoms with Gasteiger partial charge in [0.2, 0.25) is 0 Å². The van der Waals surface area contributed by atoms with Gasteiger partial charge in [0.25, 0.3) is 0 Å². The largest absolute Gasteiger partial charge is 0.493 e. The van der Waals surface area contributed by atoms with Gasteiger partial charge in [-0.05, 0) is 30.9 Å². The van der Waals surface area contributed by atoms with E-state index in [2.05, 4.69) is 13.8 Å². The van der Waals surface area contributed by atoms with E-state index in [1.807, 2.05) is 6.07 Å². The molecule has 2 N–H and O–H groups in total. The molecule has 0 saturated heterocycles. The van der Waals surface area contributed by atoms with Crippen LogP contribution in [0.3, 0.4) is 0 Å². The summed E-state index contributed by atoms with van der Waals surface area (Å²) in [7, 11) is 3.28. The van der Waals surface area contributed by atoms with Crippen LogP contribution in [0.5, 0.6) is 11.5 Å². The molecule has 1 atom stereocenters. The first-order chi connectivity index (χ1) is 8.60. The molecule has 3 nitrogen and oxygen atoms in total. The smallest absolute Gasteiger partial charge is 0.164 e. The van der Waals surface area contributed by atoms with Crippen molar-refractivity contribution >= 4 is 11.6 Å². The first kappa shape index (κ1) is 15.1. The number of nitrogens with two attached hydrogens (primary N) is 1. The molecule has 4 heteroatoms. The summed E-state index contributed by atoms with van der Waals surface area (Å²) < 4.78 is 10.8. The van der Waals surface area contributed by atoms with Crippen molar-refractivity contribution in [3.8, 4) is 11.5 Å². The van der Waals surface area contributed by atoms with Crippen LogP contribution in [0.2, 0.25) is 5.02 Å². The normalized spacial score (nSPS) is 12.3. The van der Waals surface area contributed by atoms with E-state index in [0.29, 0.717) is 18.2 Å². The van der Waals surface area contributed by atoms with Crippen LogP contribution in [0.25, 0.3) is 0 Å². The van der Waals surface area contributed by atoms with Gasteiger partial charge in [-0.1, -0.05) is 25.4 Å². The van der Waals surface area contributed by atoms with E-state index in [0.717, 1.165) is 34.7 Å². The third-order valence-electron chi connectivity index (χ3n) is 3.21. The van der Waals surface area contributed by atoms with Gasteiger partial charge in [-0.3, -0.25) is 0 Å². The van der Waals surface area contributed by atoms with Crippen molar-refractivity contribution < 1.29 is 9.47 Å². The molecule has 0 spiro atoms. The van der Waals surface area contributed by atoms with Gasteiger partial charge in [0.15, 0.2) is 11.5 Å². The maximum Gasteiger partial charge on any atom is 0.164 e. The highest BCUT2D eigenvalue weighted by molar-refractivity contribution is 6.31. The lowest BCUT2D eigenvalue weighted by atomic mass is 9.91. The Morgan fingerprint density at radius 1 is 1.33 bits per heavy atom. The summed E-state index contributed by atoms with van der Waals surface area (Å²) in [5, 5.41) is 0.727. The average Bonchev–Trinajstić information content (AvgIpc) is 2.37. The van der Waals surface area contributed by atoms with Gasteiger partial charge in [0.1, 0.15) is 0 Å². The molecule has 0 fully saturated rings. The number of halogens is 1. The molecule has 1 unspecified atom stereocenters. The Morgan fingerprint density at radius 2 is 2.00 bits per heavy atom. The fraction of sp³-hybridized carbons (Fsp3) is 0.571. The third-order valence-corrected chi connectivity index (χ3v) is 3.52. The first-order valence-corrected chi connectivity index (χ1v) is 6.61. The molecule has 0 heterocycles. The average molecular weight is 272 g/mol. The Labute approximate surface area is 114 Å². The molecule has 0 bridgehead atoms. The van der Waals surface area contributed by atoms with Gasteiger partial charge in [-0.15, -0.1) is 0 Å². The minimum Gasteiger partial charge on any atom is -0.493 e. The van der Waals surface area contributed by atoms with Crippen molar-refractivity contribution in [3.63, 3.8) is 0 Å². The first-order valence-electron chi connectivity index (χ1n) is 6.23. The summed E-state index contributed by atoms with van der Waals surface area (Å²) >= 11 is 6.38. The van der Waals surface area contributed by atoms with Crippen LogP contribution in [0.4, 0.5) is 0 Å². The van der Waals surface area contributed by atoms with Crippen molar-refractivity contribution in [1.29, 1.82) is 0 Å². The van der Waals surface area contributed by atoms with Gasteiger partial charge in [0.05, 0.1) is 14.2 Å². The highest BCUT2D eigenvalue weighted by Gasteiger charge is 2.21. The number of methoxy groups -OCH3 is 2. The highest BCUT2D eigenvalue weighted by atomic mass is 35.5. The number of hydrogen-bond acceptors (Lipinski definition) is 3. The quantitative estimate of drug-likeness (QED) is 0.863. The van der Waals surface area contributed by atoms with Crippen LogP contribution in [-0.2, 0) is 6.42 Å². The highest BCUT2D eigenvalue weighted by Crippen LogP contribution is 2.42. The second-order valence-electron chi connectivity index (χ2n) is 4.32. The zero-order valence-corrected chi connectivity index (χ0v) is 12.3. The minimum absolute atomic E-state index is 0.317. The molecule has 0 aliphatic carbocycles. The van der Waals surface area contributed by atoms with Crippen LogP contribution < -0.4 is 15.2 Å². The second kappa shape index (κ2) is 6.86. The molecule has 18 heavy (non-hydrogen) atoms. The number of benzene rings is 1. The topological polar surface area (TPSA) is 44.5 Å². The lowest BCUT2D eigenvalue weighted by Gasteiger charge is -2.21. The summed E-state index contributed by atoms with van der Waals surface area (Å²) in [5.74, 6) is 1.78. The lowest BCUT2D eigenvalue weighted by molar-refractivity contribution is 0.351. The fourth-order valence-corrected chi connectivity index (χ4v) is 2.73. The summed E-state index contributed by atoms with van der Waals surface area (Å²) in [6, 6.07) is 1.82. The number of hydrogen-bond donors (Lipinski definition) is 1. The van der Waals surface area contributed by atoms with Crippen molar-refractivity contribution in [2.45, 2.75) is 32.6 Å². The second-order valence-corrected chi connectivity index (χ2v) is 4.73. The summed E-state index contributed by atoms with van der Waals surface area (Å²) in [4.78, 5) is 0. The molecule has 0 radical (unpaired) electrons. The predicted octanol–water partition coefficient (Wildman–Crippen LogP) is 3.37. The summed E-state index contributed by atoms with van der Waals surface area (Å²) in [6.45, 7) is 4.88. The van der Waals surface area contributed by atoms with E-state index >= 15 is 0 Å². The molecular weight excluding hydrogens is 250 g/mol. The number of rotatable bonds is 6. The molecule has 0 aliphatic rings. The molecule has 0 aliphatic heterocycles. The number of ether oxygens (including phenoxy) is 2. The fourth-order valence-electron chi connectivity index (χ4n) is 2.33. The monoisotopic (exact) mass is 271 g/mol. The van der Waals surface area contributed by atoms with Gasteiger partial charge in [-0.2, -0.15) is 0 Å². The van der Waals surface area contributed by atoms with Crippen molar-refractivity contribution in [2.24, 2.45) is 5.73 Å². The van der Waals surface area contributed by atoms with Gasteiger partial charge >= 0.3 is 0 Å². The van der Waals surface area contributed by atoms with E-state index in [4.69, 9.17) is 26.8 Å². The lowest BCUT2D eigenvalue weighted by Crippen LogP contribution is -2.09. The molecule has 0 aromatic heterocycles.